The topological polar surface area (TPSA) is 64.4 Å². The smallest absolute Gasteiger partial charge is 0.311 e. The summed E-state index contributed by atoms with van der Waals surface area (Å²) in [6.45, 7) is 2.24. The lowest BCUT2D eigenvalue weighted by atomic mass is 9.93. The first-order valence-electron chi connectivity index (χ1n) is 5.88. The van der Waals surface area contributed by atoms with Crippen LogP contribution in [0.15, 0.2) is 18.2 Å². The fourth-order valence-electron chi connectivity index (χ4n) is 1.81. The Hall–Kier alpha value is -1.78. The third-order valence-corrected chi connectivity index (χ3v) is 2.93. The predicted octanol–water partition coefficient (Wildman–Crippen LogP) is 2.96. The molecule has 1 N–H and O–H groups in total. The third kappa shape index (κ3) is 2.67. The van der Waals surface area contributed by atoms with Crippen molar-refractivity contribution in [3.63, 3.8) is 0 Å². The van der Waals surface area contributed by atoms with Gasteiger partial charge in [0, 0.05) is 23.9 Å². The van der Waals surface area contributed by atoms with E-state index in [1.165, 1.54) is 25.3 Å². The van der Waals surface area contributed by atoms with Crippen molar-refractivity contribution in [2.45, 2.75) is 32.2 Å². The molecule has 0 amide bonds. The number of nitrogens with zero attached hydrogens (tertiary/aromatic N) is 1. The maximum Gasteiger partial charge on any atom is 0.311 e. The average molecular weight is 236 g/mol. The first kappa shape index (κ1) is 11.7. The molecule has 1 aliphatic rings. The molecule has 0 atom stereocenters. The summed E-state index contributed by atoms with van der Waals surface area (Å²) >= 11 is 0. The zero-order valence-corrected chi connectivity index (χ0v) is 9.81. The number of hydrogen-bond acceptors (Lipinski definition) is 4. The van der Waals surface area contributed by atoms with Crippen molar-refractivity contribution in [3.05, 3.63) is 28.3 Å². The molecular formula is C12H16N2O3. The number of nitro benzene ring substituents is 1. The molecule has 0 saturated heterocycles. The molecule has 0 spiro atoms. The maximum absolute atomic E-state index is 10.8. The summed E-state index contributed by atoms with van der Waals surface area (Å²) in [5, 5.41) is 14.1. The Morgan fingerprint density at radius 3 is 2.82 bits per heavy atom. The van der Waals surface area contributed by atoms with E-state index in [1.54, 1.807) is 12.1 Å². The highest BCUT2D eigenvalue weighted by Crippen LogP contribution is 2.32. The largest absolute Gasteiger partial charge is 0.487 e. The molecule has 0 heterocycles. The molecule has 0 bridgehead atoms. The first-order valence-corrected chi connectivity index (χ1v) is 5.88. The summed E-state index contributed by atoms with van der Waals surface area (Å²) in [5.41, 5.74) is 0.912. The number of benzene rings is 1. The number of anilines is 1. The number of nitro groups is 1. The van der Waals surface area contributed by atoms with Crippen LogP contribution >= 0.6 is 0 Å². The predicted molar refractivity (Wildman–Crippen MR) is 65.5 cm³/mol. The van der Waals surface area contributed by atoms with Gasteiger partial charge in [-0.15, -0.1) is 0 Å². The van der Waals surface area contributed by atoms with Gasteiger partial charge < -0.3 is 10.1 Å². The molecule has 1 saturated carbocycles. The summed E-state index contributed by atoms with van der Waals surface area (Å²) in [7, 11) is 0. The quantitative estimate of drug-likeness (QED) is 0.630. The Kier molecular flexibility index (Phi) is 3.46. The van der Waals surface area contributed by atoms with Gasteiger partial charge in [-0.2, -0.15) is 0 Å². The molecule has 5 nitrogen and oxygen atoms in total. The van der Waals surface area contributed by atoms with E-state index in [9.17, 15) is 10.1 Å². The summed E-state index contributed by atoms with van der Waals surface area (Å²) in [6.07, 6.45) is 3.59. The van der Waals surface area contributed by atoms with Crippen LogP contribution in [-0.4, -0.2) is 17.6 Å². The molecule has 17 heavy (non-hydrogen) atoms. The average Bonchev–Trinajstić information content (AvgIpc) is 2.24. The zero-order chi connectivity index (χ0) is 12.3. The van der Waals surface area contributed by atoms with Crippen LogP contribution in [0, 0.1) is 10.1 Å². The second kappa shape index (κ2) is 5.03. The van der Waals surface area contributed by atoms with Gasteiger partial charge in [0.15, 0.2) is 5.75 Å². The van der Waals surface area contributed by atoms with Crippen LogP contribution in [-0.2, 0) is 0 Å². The van der Waals surface area contributed by atoms with Crippen molar-refractivity contribution in [3.8, 4) is 5.75 Å². The van der Waals surface area contributed by atoms with Gasteiger partial charge in [0.1, 0.15) is 0 Å². The van der Waals surface area contributed by atoms with Crippen LogP contribution in [0.2, 0.25) is 0 Å². The normalized spacial score (nSPS) is 15.1. The first-order chi connectivity index (χ1) is 8.20. The summed E-state index contributed by atoms with van der Waals surface area (Å²) in [5.74, 6) is 0.335. The fraction of sp³-hybridized carbons (Fsp3) is 0.500. The van der Waals surface area contributed by atoms with Crippen molar-refractivity contribution >= 4 is 11.4 Å². The highest BCUT2D eigenvalue weighted by molar-refractivity contribution is 5.58. The maximum atomic E-state index is 10.8. The Bertz CT molecular complexity index is 416. The van der Waals surface area contributed by atoms with Crippen molar-refractivity contribution in [2.24, 2.45) is 0 Å². The minimum atomic E-state index is -0.419. The molecule has 1 fully saturated rings. The van der Waals surface area contributed by atoms with E-state index < -0.39 is 4.92 Å². The van der Waals surface area contributed by atoms with E-state index in [0.29, 0.717) is 18.4 Å². The van der Waals surface area contributed by atoms with Gasteiger partial charge in [0.25, 0.3) is 0 Å². The fourth-order valence-corrected chi connectivity index (χ4v) is 1.81. The molecule has 0 aromatic heterocycles. The molecular weight excluding hydrogens is 220 g/mol. The van der Waals surface area contributed by atoms with Crippen LogP contribution in [0.25, 0.3) is 0 Å². The lowest BCUT2D eigenvalue weighted by Crippen LogP contribution is -2.26. The van der Waals surface area contributed by atoms with Crippen LogP contribution in [0.1, 0.15) is 26.2 Å². The molecule has 92 valence electrons. The van der Waals surface area contributed by atoms with E-state index in [1.807, 2.05) is 6.92 Å². The lowest BCUT2D eigenvalue weighted by molar-refractivity contribution is -0.385. The van der Waals surface area contributed by atoms with Crippen molar-refractivity contribution < 1.29 is 9.66 Å². The number of nitrogens with one attached hydrogen (secondary N) is 1. The van der Waals surface area contributed by atoms with E-state index >= 15 is 0 Å². The van der Waals surface area contributed by atoms with Crippen LogP contribution in [0.5, 0.6) is 5.75 Å². The molecule has 2 rings (SSSR count). The Labute approximate surface area is 99.9 Å². The Morgan fingerprint density at radius 2 is 2.29 bits per heavy atom. The van der Waals surface area contributed by atoms with Gasteiger partial charge >= 0.3 is 5.69 Å². The Morgan fingerprint density at radius 1 is 1.53 bits per heavy atom. The number of rotatable bonds is 5. The van der Waals surface area contributed by atoms with Gasteiger partial charge in [-0.25, -0.2) is 0 Å². The summed E-state index contributed by atoms with van der Waals surface area (Å²) < 4.78 is 5.29. The molecule has 5 heteroatoms. The summed E-state index contributed by atoms with van der Waals surface area (Å²) in [6, 6.07) is 5.44. The van der Waals surface area contributed by atoms with Crippen molar-refractivity contribution in [1.29, 1.82) is 0 Å². The molecule has 0 unspecified atom stereocenters. The van der Waals surface area contributed by atoms with Gasteiger partial charge in [0.2, 0.25) is 0 Å². The van der Waals surface area contributed by atoms with Crippen LogP contribution < -0.4 is 10.1 Å². The van der Waals surface area contributed by atoms with Gasteiger partial charge in [-0.05, 0) is 32.3 Å². The lowest BCUT2D eigenvalue weighted by Gasteiger charge is -2.27. The second-order valence-corrected chi connectivity index (χ2v) is 4.14. The van der Waals surface area contributed by atoms with E-state index in [0.717, 1.165) is 5.69 Å². The molecule has 0 radical (unpaired) electrons. The van der Waals surface area contributed by atoms with E-state index in [4.69, 9.17) is 4.74 Å². The second-order valence-electron chi connectivity index (χ2n) is 4.14. The molecule has 0 aliphatic heterocycles. The van der Waals surface area contributed by atoms with E-state index in [2.05, 4.69) is 5.32 Å². The highest BCUT2D eigenvalue weighted by atomic mass is 16.6. The minimum absolute atomic E-state index is 0.0195. The molecule has 1 aromatic rings. The molecule has 1 aromatic carbocycles. The highest BCUT2D eigenvalue weighted by Gasteiger charge is 2.19. The number of hydrogen-bond donors (Lipinski definition) is 1. The standard InChI is InChI=1S/C12H16N2O3/c1-2-17-12-8-10(13-9-4-3-5-9)6-7-11(12)14(15)16/h6-9,13H,2-5H2,1H3. The van der Waals surface area contributed by atoms with Crippen LogP contribution in [0.3, 0.4) is 0 Å². The third-order valence-electron chi connectivity index (χ3n) is 2.93. The number of ether oxygens (including phenoxy) is 1. The Balaban J connectivity index is 2.17. The van der Waals surface area contributed by atoms with Crippen molar-refractivity contribution in [2.75, 3.05) is 11.9 Å². The summed E-state index contributed by atoms with van der Waals surface area (Å²) in [4.78, 5) is 10.4. The van der Waals surface area contributed by atoms with Gasteiger partial charge in [-0.3, -0.25) is 10.1 Å². The molecule has 1 aliphatic carbocycles. The zero-order valence-electron chi connectivity index (χ0n) is 9.81. The minimum Gasteiger partial charge on any atom is -0.487 e. The monoisotopic (exact) mass is 236 g/mol. The SMILES string of the molecule is CCOc1cc(NC2CCC2)ccc1[N+](=O)[O-]. The van der Waals surface area contributed by atoms with E-state index in [-0.39, 0.29) is 5.69 Å². The van der Waals surface area contributed by atoms with Gasteiger partial charge in [0.05, 0.1) is 11.5 Å². The van der Waals surface area contributed by atoms with Crippen molar-refractivity contribution in [1.82, 2.24) is 0 Å². The van der Waals surface area contributed by atoms with Gasteiger partial charge in [-0.1, -0.05) is 0 Å². The van der Waals surface area contributed by atoms with Crippen LogP contribution in [0.4, 0.5) is 11.4 Å².